The van der Waals surface area contributed by atoms with Crippen molar-refractivity contribution < 1.29 is 13.2 Å². The lowest BCUT2D eigenvalue weighted by atomic mass is 10.2. The molecular weight excluding hydrogens is 350 g/mol. The Morgan fingerprint density at radius 3 is 2.31 bits per heavy atom. The Morgan fingerprint density at radius 1 is 1.04 bits per heavy atom. The van der Waals surface area contributed by atoms with Crippen molar-refractivity contribution >= 4 is 21.6 Å². The number of benzene rings is 2. The number of amides is 1. The predicted molar refractivity (Wildman–Crippen MR) is 103 cm³/mol. The van der Waals surface area contributed by atoms with Gasteiger partial charge in [0, 0.05) is 26.3 Å². The van der Waals surface area contributed by atoms with E-state index in [1.54, 1.807) is 12.1 Å². The first-order chi connectivity index (χ1) is 12.2. The Balaban J connectivity index is 2.07. The number of nitrogens with one attached hydrogen (secondary N) is 1. The minimum Gasteiger partial charge on any atom is -0.325 e. The van der Waals surface area contributed by atoms with Crippen LogP contribution in [0.15, 0.2) is 59.5 Å². The zero-order valence-corrected chi connectivity index (χ0v) is 16.3. The summed E-state index contributed by atoms with van der Waals surface area (Å²) in [6.07, 6.45) is 0. The highest BCUT2D eigenvalue weighted by Crippen LogP contribution is 2.18. The maximum Gasteiger partial charge on any atom is 0.242 e. The number of likely N-dealkylation sites (N-methyl/N-ethyl adjacent to an activating group) is 1. The number of hydrogen-bond acceptors (Lipinski definition) is 4. The van der Waals surface area contributed by atoms with Gasteiger partial charge in [-0.2, -0.15) is 0 Å². The van der Waals surface area contributed by atoms with Crippen molar-refractivity contribution in [2.75, 3.05) is 26.5 Å². The predicted octanol–water partition coefficient (Wildman–Crippen LogP) is 2.40. The van der Waals surface area contributed by atoms with Crippen LogP contribution in [-0.2, 0) is 21.4 Å². The van der Waals surface area contributed by atoms with Gasteiger partial charge in [-0.05, 0) is 37.7 Å². The van der Waals surface area contributed by atoms with Gasteiger partial charge >= 0.3 is 0 Å². The van der Waals surface area contributed by atoms with Gasteiger partial charge in [0.15, 0.2) is 0 Å². The molecule has 0 unspecified atom stereocenters. The van der Waals surface area contributed by atoms with Crippen molar-refractivity contribution in [2.45, 2.75) is 24.4 Å². The second kappa shape index (κ2) is 8.44. The molecule has 0 aliphatic heterocycles. The molecule has 0 radical (unpaired) electrons. The van der Waals surface area contributed by atoms with E-state index >= 15 is 0 Å². The first kappa shape index (κ1) is 20.1. The molecule has 2 aromatic carbocycles. The first-order valence-corrected chi connectivity index (χ1v) is 9.73. The van der Waals surface area contributed by atoms with Crippen molar-refractivity contribution in [1.82, 2.24) is 9.21 Å². The fraction of sp³-hybridized carbons (Fsp3) is 0.316. The fourth-order valence-electron chi connectivity index (χ4n) is 2.40. The molecule has 0 aliphatic rings. The Morgan fingerprint density at radius 2 is 1.69 bits per heavy atom. The van der Waals surface area contributed by atoms with Crippen LogP contribution in [-0.4, -0.2) is 50.7 Å². The number of rotatable bonds is 7. The van der Waals surface area contributed by atoms with E-state index in [0.717, 1.165) is 9.87 Å². The van der Waals surface area contributed by atoms with Crippen LogP contribution in [0.1, 0.15) is 12.5 Å². The highest BCUT2D eigenvalue weighted by Gasteiger charge is 2.20. The van der Waals surface area contributed by atoms with Crippen molar-refractivity contribution in [1.29, 1.82) is 0 Å². The molecule has 26 heavy (non-hydrogen) atoms. The Labute approximate surface area is 155 Å². The summed E-state index contributed by atoms with van der Waals surface area (Å²) < 4.78 is 25.6. The van der Waals surface area contributed by atoms with Gasteiger partial charge in [0.05, 0.1) is 10.9 Å². The monoisotopic (exact) mass is 375 g/mol. The molecule has 0 heterocycles. The lowest BCUT2D eigenvalue weighted by Crippen LogP contribution is -2.39. The summed E-state index contributed by atoms with van der Waals surface area (Å²) in [6.45, 7) is 2.46. The Bertz CT molecular complexity index is 851. The van der Waals surface area contributed by atoms with Gasteiger partial charge < -0.3 is 5.32 Å². The number of hydrogen-bond donors (Lipinski definition) is 1. The first-order valence-electron chi connectivity index (χ1n) is 8.29. The Hall–Kier alpha value is -2.22. The lowest BCUT2D eigenvalue weighted by molar-refractivity contribution is -0.120. The largest absolute Gasteiger partial charge is 0.325 e. The van der Waals surface area contributed by atoms with Crippen LogP contribution in [0.25, 0.3) is 0 Å². The number of carbonyl (C=O) groups excluding carboxylic acids is 1. The maximum atomic E-state index is 12.5. The topological polar surface area (TPSA) is 69.7 Å². The number of anilines is 1. The smallest absolute Gasteiger partial charge is 0.242 e. The molecule has 7 heteroatoms. The highest BCUT2D eigenvalue weighted by molar-refractivity contribution is 7.89. The van der Waals surface area contributed by atoms with Crippen LogP contribution >= 0.6 is 0 Å². The second-order valence-electron chi connectivity index (χ2n) is 6.38. The van der Waals surface area contributed by atoms with Crippen LogP contribution in [0, 0.1) is 0 Å². The summed E-state index contributed by atoms with van der Waals surface area (Å²) in [5, 5.41) is 2.80. The van der Waals surface area contributed by atoms with Crippen LogP contribution in [0.4, 0.5) is 5.69 Å². The van der Waals surface area contributed by atoms with Crippen LogP contribution in [0.3, 0.4) is 0 Å². The molecule has 140 valence electrons. The van der Waals surface area contributed by atoms with Crippen molar-refractivity contribution in [3.8, 4) is 0 Å². The van der Waals surface area contributed by atoms with Crippen molar-refractivity contribution in [3.05, 3.63) is 60.2 Å². The maximum absolute atomic E-state index is 12.5. The molecule has 0 bridgehead atoms. The van der Waals surface area contributed by atoms with Gasteiger partial charge in [-0.25, -0.2) is 12.7 Å². The minimum atomic E-state index is -3.54. The standard InChI is InChI=1S/C19H25N3O3S/c1-15(22(4)14-16-9-6-5-7-10-16)19(23)20-17-11-8-12-18(13-17)26(24,25)21(2)3/h5-13,15H,14H2,1-4H3,(H,20,23)/t15-/m1/s1. The van der Waals surface area contributed by atoms with Gasteiger partial charge in [0.1, 0.15) is 0 Å². The third-order valence-corrected chi connectivity index (χ3v) is 6.01. The van der Waals surface area contributed by atoms with E-state index in [2.05, 4.69) is 5.32 Å². The van der Waals surface area contributed by atoms with Gasteiger partial charge in [0.2, 0.25) is 15.9 Å². The van der Waals surface area contributed by atoms with Crippen LogP contribution in [0.2, 0.25) is 0 Å². The summed E-state index contributed by atoms with van der Waals surface area (Å²) in [4.78, 5) is 14.6. The van der Waals surface area contributed by atoms with E-state index in [1.807, 2.05) is 49.2 Å². The van der Waals surface area contributed by atoms with Gasteiger partial charge in [-0.15, -0.1) is 0 Å². The minimum absolute atomic E-state index is 0.144. The Kier molecular flexibility index (Phi) is 6.52. The molecule has 2 aromatic rings. The van der Waals surface area contributed by atoms with E-state index < -0.39 is 10.0 Å². The summed E-state index contributed by atoms with van der Waals surface area (Å²) >= 11 is 0. The van der Waals surface area contributed by atoms with Crippen LogP contribution in [0.5, 0.6) is 0 Å². The molecule has 1 amide bonds. The SMILES string of the molecule is C[C@H](C(=O)Nc1cccc(S(=O)(=O)N(C)C)c1)N(C)Cc1ccccc1. The van der Waals surface area contributed by atoms with E-state index in [4.69, 9.17) is 0 Å². The van der Waals surface area contributed by atoms with E-state index in [-0.39, 0.29) is 16.8 Å². The summed E-state index contributed by atoms with van der Waals surface area (Å²) in [6, 6.07) is 15.8. The molecule has 0 saturated carbocycles. The molecule has 2 rings (SSSR count). The third kappa shape index (κ3) is 4.91. The van der Waals surface area contributed by atoms with E-state index in [1.165, 1.54) is 26.2 Å². The van der Waals surface area contributed by atoms with Gasteiger partial charge in [0.25, 0.3) is 0 Å². The zero-order chi connectivity index (χ0) is 19.3. The van der Waals surface area contributed by atoms with Crippen molar-refractivity contribution in [2.24, 2.45) is 0 Å². The quantitative estimate of drug-likeness (QED) is 0.807. The number of nitrogens with zero attached hydrogens (tertiary/aromatic N) is 2. The fourth-order valence-corrected chi connectivity index (χ4v) is 3.35. The number of sulfonamides is 1. The second-order valence-corrected chi connectivity index (χ2v) is 8.53. The summed E-state index contributed by atoms with van der Waals surface area (Å²) in [5.41, 5.74) is 1.58. The molecule has 0 aliphatic carbocycles. The third-order valence-electron chi connectivity index (χ3n) is 4.20. The van der Waals surface area contributed by atoms with Crippen molar-refractivity contribution in [3.63, 3.8) is 0 Å². The molecule has 0 fully saturated rings. The molecule has 1 N–H and O–H groups in total. The lowest BCUT2D eigenvalue weighted by Gasteiger charge is -2.24. The average Bonchev–Trinajstić information content (AvgIpc) is 2.61. The summed E-state index contributed by atoms with van der Waals surface area (Å²) in [5.74, 6) is -0.192. The molecule has 1 atom stereocenters. The molecule has 6 nitrogen and oxygen atoms in total. The zero-order valence-electron chi connectivity index (χ0n) is 15.5. The summed E-state index contributed by atoms with van der Waals surface area (Å²) in [7, 11) is 1.29. The van der Waals surface area contributed by atoms with E-state index in [9.17, 15) is 13.2 Å². The molecular formula is C19H25N3O3S. The molecule has 0 aromatic heterocycles. The number of carbonyl (C=O) groups is 1. The average molecular weight is 375 g/mol. The van der Waals surface area contributed by atoms with Gasteiger partial charge in [-0.1, -0.05) is 36.4 Å². The highest BCUT2D eigenvalue weighted by atomic mass is 32.2. The molecule has 0 spiro atoms. The van der Waals surface area contributed by atoms with Gasteiger partial charge in [-0.3, -0.25) is 9.69 Å². The molecule has 0 saturated heterocycles. The van der Waals surface area contributed by atoms with E-state index in [0.29, 0.717) is 12.2 Å². The normalized spacial score (nSPS) is 13.0. The van der Waals surface area contributed by atoms with Crippen LogP contribution < -0.4 is 5.32 Å².